The first-order chi connectivity index (χ1) is 6.20. The second-order valence-electron chi connectivity index (χ2n) is 2.49. The van der Waals surface area contributed by atoms with Crippen molar-refractivity contribution in [2.75, 3.05) is 5.73 Å². The smallest absolute Gasteiger partial charge is 0.182 e. The van der Waals surface area contributed by atoms with E-state index in [4.69, 9.17) is 17.3 Å². The van der Waals surface area contributed by atoms with Crippen molar-refractivity contribution < 1.29 is 0 Å². The molecule has 0 aromatic carbocycles. The van der Waals surface area contributed by atoms with E-state index in [1.165, 1.54) is 11.3 Å². The van der Waals surface area contributed by atoms with Gasteiger partial charge in [0.05, 0.1) is 0 Å². The molecule has 0 aliphatic heterocycles. The second-order valence-corrected chi connectivity index (χ2v) is 3.88. The third-order valence-corrected chi connectivity index (χ3v) is 2.86. The van der Waals surface area contributed by atoms with Crippen LogP contribution in [0, 0.1) is 0 Å². The molecule has 0 saturated carbocycles. The maximum Gasteiger partial charge on any atom is 0.182 e. The fourth-order valence-corrected chi connectivity index (χ4v) is 1.96. The number of fused-ring (bicyclic) bond motifs is 1. The van der Waals surface area contributed by atoms with Crippen LogP contribution in [0.5, 0.6) is 0 Å². The number of hydrogen-bond donors (Lipinski definition) is 1. The summed E-state index contributed by atoms with van der Waals surface area (Å²) in [4.78, 5) is 12.3. The molecule has 0 fully saturated rings. The number of anilines is 1. The Morgan fingerprint density at radius 1 is 1.38 bits per heavy atom. The zero-order chi connectivity index (χ0) is 9.42. The lowest BCUT2D eigenvalue weighted by atomic mass is 10.4. The molecule has 68 valence electrons. The SMILES string of the molecule is CCc1nc(Cl)c2sc(N)nc2n1. The molecule has 0 radical (unpaired) electrons. The first-order valence-electron chi connectivity index (χ1n) is 3.79. The molecule has 0 aliphatic carbocycles. The molecule has 0 aliphatic rings. The minimum Gasteiger partial charge on any atom is -0.375 e. The van der Waals surface area contributed by atoms with Crippen LogP contribution in [0.1, 0.15) is 12.7 Å². The van der Waals surface area contributed by atoms with Crippen molar-refractivity contribution in [2.24, 2.45) is 0 Å². The average molecular weight is 215 g/mol. The average Bonchev–Trinajstić information content (AvgIpc) is 2.46. The topological polar surface area (TPSA) is 64.7 Å². The van der Waals surface area contributed by atoms with Crippen molar-refractivity contribution in [1.82, 2.24) is 15.0 Å². The highest BCUT2D eigenvalue weighted by atomic mass is 35.5. The van der Waals surface area contributed by atoms with Gasteiger partial charge in [0.25, 0.3) is 0 Å². The maximum absolute atomic E-state index is 5.92. The Bertz CT molecular complexity index is 453. The van der Waals surface area contributed by atoms with Crippen LogP contribution in [0.15, 0.2) is 0 Å². The molecule has 2 aromatic rings. The largest absolute Gasteiger partial charge is 0.375 e. The molecule has 13 heavy (non-hydrogen) atoms. The predicted molar refractivity (Wildman–Crippen MR) is 54.0 cm³/mol. The van der Waals surface area contributed by atoms with Crippen LogP contribution in [0.2, 0.25) is 5.15 Å². The summed E-state index contributed by atoms with van der Waals surface area (Å²) in [5, 5.41) is 0.913. The third kappa shape index (κ3) is 1.45. The number of nitrogen functional groups attached to an aromatic ring is 1. The van der Waals surface area contributed by atoms with Gasteiger partial charge in [0.1, 0.15) is 10.5 Å². The van der Waals surface area contributed by atoms with Crippen molar-refractivity contribution >= 4 is 38.4 Å². The molecule has 0 unspecified atom stereocenters. The van der Waals surface area contributed by atoms with Gasteiger partial charge in [-0.3, -0.25) is 0 Å². The molecule has 2 rings (SSSR count). The van der Waals surface area contributed by atoms with Crippen LogP contribution in [0.25, 0.3) is 10.3 Å². The highest BCUT2D eigenvalue weighted by molar-refractivity contribution is 7.22. The molecule has 0 saturated heterocycles. The summed E-state index contributed by atoms with van der Waals surface area (Å²) < 4.78 is 0.761. The predicted octanol–water partition coefficient (Wildman–Crippen LogP) is 1.88. The van der Waals surface area contributed by atoms with E-state index in [9.17, 15) is 0 Å². The molecule has 6 heteroatoms. The van der Waals surface area contributed by atoms with E-state index < -0.39 is 0 Å². The number of rotatable bonds is 1. The molecule has 0 amide bonds. The van der Waals surface area contributed by atoms with E-state index in [2.05, 4.69) is 15.0 Å². The summed E-state index contributed by atoms with van der Waals surface area (Å²) in [6.45, 7) is 1.97. The normalized spacial score (nSPS) is 10.9. The minimum absolute atomic E-state index is 0.441. The van der Waals surface area contributed by atoms with Crippen molar-refractivity contribution in [1.29, 1.82) is 0 Å². The van der Waals surface area contributed by atoms with Gasteiger partial charge in [-0.2, -0.15) is 0 Å². The minimum atomic E-state index is 0.441. The lowest BCUT2D eigenvalue weighted by Crippen LogP contribution is -1.93. The van der Waals surface area contributed by atoms with Gasteiger partial charge in [0, 0.05) is 6.42 Å². The Balaban J connectivity index is 2.75. The molecular weight excluding hydrogens is 208 g/mol. The number of aromatic nitrogens is 3. The quantitative estimate of drug-likeness (QED) is 0.737. The van der Waals surface area contributed by atoms with Crippen LogP contribution in [0.4, 0.5) is 5.13 Å². The third-order valence-electron chi connectivity index (χ3n) is 1.59. The van der Waals surface area contributed by atoms with Gasteiger partial charge in [-0.25, -0.2) is 15.0 Å². The van der Waals surface area contributed by atoms with Gasteiger partial charge in [0.15, 0.2) is 15.9 Å². The van der Waals surface area contributed by atoms with Crippen LogP contribution in [-0.4, -0.2) is 15.0 Å². The first kappa shape index (κ1) is 8.65. The van der Waals surface area contributed by atoms with E-state index in [0.717, 1.165) is 11.1 Å². The summed E-state index contributed by atoms with van der Waals surface area (Å²) in [7, 11) is 0. The van der Waals surface area contributed by atoms with E-state index in [-0.39, 0.29) is 0 Å². The van der Waals surface area contributed by atoms with Crippen LogP contribution in [-0.2, 0) is 6.42 Å². The fraction of sp³-hybridized carbons (Fsp3) is 0.286. The molecular formula is C7H7ClN4S. The van der Waals surface area contributed by atoms with Crippen molar-refractivity contribution in [3.63, 3.8) is 0 Å². The van der Waals surface area contributed by atoms with Gasteiger partial charge >= 0.3 is 0 Å². The van der Waals surface area contributed by atoms with Crippen LogP contribution in [0.3, 0.4) is 0 Å². The highest BCUT2D eigenvalue weighted by Crippen LogP contribution is 2.27. The highest BCUT2D eigenvalue weighted by Gasteiger charge is 2.09. The lowest BCUT2D eigenvalue weighted by Gasteiger charge is -1.95. The summed E-state index contributed by atoms with van der Waals surface area (Å²) in [5.41, 5.74) is 6.13. The number of hydrogen-bond acceptors (Lipinski definition) is 5. The van der Waals surface area contributed by atoms with E-state index in [1.54, 1.807) is 0 Å². The summed E-state index contributed by atoms with van der Waals surface area (Å²) >= 11 is 7.23. The Labute approximate surface area is 83.8 Å². The molecule has 2 aromatic heterocycles. The molecule has 0 atom stereocenters. The maximum atomic E-state index is 5.92. The number of aryl methyl sites for hydroxylation is 1. The Morgan fingerprint density at radius 3 is 2.85 bits per heavy atom. The van der Waals surface area contributed by atoms with Gasteiger partial charge < -0.3 is 5.73 Å². The van der Waals surface area contributed by atoms with Crippen molar-refractivity contribution in [2.45, 2.75) is 13.3 Å². The van der Waals surface area contributed by atoms with Gasteiger partial charge in [-0.1, -0.05) is 29.9 Å². The fourth-order valence-electron chi connectivity index (χ4n) is 1.01. The number of nitrogens with zero attached hydrogens (tertiary/aromatic N) is 3. The molecule has 0 spiro atoms. The number of nitrogens with two attached hydrogens (primary N) is 1. The van der Waals surface area contributed by atoms with Crippen molar-refractivity contribution in [3.05, 3.63) is 11.0 Å². The van der Waals surface area contributed by atoms with E-state index in [0.29, 0.717) is 21.8 Å². The Hall–Kier alpha value is -0.940. The second kappa shape index (κ2) is 3.08. The van der Waals surface area contributed by atoms with Gasteiger partial charge in [-0.05, 0) is 0 Å². The Kier molecular flexibility index (Phi) is 2.05. The van der Waals surface area contributed by atoms with Crippen molar-refractivity contribution in [3.8, 4) is 0 Å². The van der Waals surface area contributed by atoms with E-state index >= 15 is 0 Å². The monoisotopic (exact) mass is 214 g/mol. The molecule has 4 nitrogen and oxygen atoms in total. The van der Waals surface area contributed by atoms with Gasteiger partial charge in [-0.15, -0.1) is 0 Å². The number of thiazole rings is 1. The standard InChI is InChI=1S/C7H7ClN4S/c1-2-3-10-5(8)4-6(11-3)12-7(9)13-4/h2H2,1H3,(H2,9,10,11,12). The van der Waals surface area contributed by atoms with Crippen LogP contribution < -0.4 is 5.73 Å². The summed E-state index contributed by atoms with van der Waals surface area (Å²) in [6.07, 6.45) is 0.743. The summed E-state index contributed by atoms with van der Waals surface area (Å²) in [6, 6.07) is 0. The summed E-state index contributed by atoms with van der Waals surface area (Å²) in [5.74, 6) is 0.697. The molecule has 2 N–H and O–H groups in total. The lowest BCUT2D eigenvalue weighted by molar-refractivity contribution is 0.957. The molecule has 2 heterocycles. The van der Waals surface area contributed by atoms with Gasteiger partial charge in [0.2, 0.25) is 0 Å². The Morgan fingerprint density at radius 2 is 2.15 bits per heavy atom. The number of halogens is 1. The zero-order valence-corrected chi connectivity index (χ0v) is 8.48. The first-order valence-corrected chi connectivity index (χ1v) is 4.98. The zero-order valence-electron chi connectivity index (χ0n) is 6.91. The van der Waals surface area contributed by atoms with E-state index in [1.807, 2.05) is 6.92 Å². The molecule has 0 bridgehead atoms. The van der Waals surface area contributed by atoms with Crippen LogP contribution >= 0.6 is 22.9 Å².